The Bertz CT molecular complexity index is 1010. The molecule has 9 heteroatoms. The summed E-state index contributed by atoms with van der Waals surface area (Å²) in [5.41, 5.74) is 0.788. The first-order chi connectivity index (χ1) is 15.1. The summed E-state index contributed by atoms with van der Waals surface area (Å²) >= 11 is 7.71. The Labute approximate surface area is 196 Å². The van der Waals surface area contributed by atoms with Crippen LogP contribution in [0.3, 0.4) is 0 Å². The van der Waals surface area contributed by atoms with Crippen LogP contribution < -0.4 is 9.47 Å². The summed E-state index contributed by atoms with van der Waals surface area (Å²) in [4.78, 5) is 27.6. The third-order valence-electron chi connectivity index (χ3n) is 5.21. The van der Waals surface area contributed by atoms with Gasteiger partial charge in [-0.25, -0.2) is 9.59 Å². The Kier molecular flexibility index (Phi) is 7.25. The number of amides is 1. The van der Waals surface area contributed by atoms with Crippen LogP contribution in [-0.4, -0.2) is 41.9 Å². The maximum atomic E-state index is 13.3. The lowest BCUT2D eigenvalue weighted by Crippen LogP contribution is -2.40. The number of hydrogen-bond donors (Lipinski definition) is 1. The molecule has 0 bridgehead atoms. The van der Waals surface area contributed by atoms with Crippen molar-refractivity contribution in [2.24, 2.45) is 0 Å². The Balaban J connectivity index is 2.06. The predicted molar refractivity (Wildman–Crippen MR) is 123 cm³/mol. The van der Waals surface area contributed by atoms with Crippen molar-refractivity contribution in [3.05, 3.63) is 44.1 Å². The predicted octanol–water partition coefficient (Wildman–Crippen LogP) is 5.93. The number of nitrogens with zero attached hydrogens (tertiary/aromatic N) is 1. The quantitative estimate of drug-likeness (QED) is 0.550. The summed E-state index contributed by atoms with van der Waals surface area (Å²) in [6, 6.07) is 5.00. The first kappa shape index (κ1) is 24.2. The number of benzene rings is 1. The number of carbonyl (C=O) groups excluding carboxylic acids is 1. The molecule has 0 spiro atoms. The normalized spacial score (nSPS) is 15.6. The first-order valence-corrected chi connectivity index (χ1v) is 11.5. The van der Waals surface area contributed by atoms with Crippen LogP contribution in [-0.2, 0) is 17.7 Å². The molecule has 174 valence electrons. The molecule has 2 aromatic rings. The molecule has 3 rings (SSSR count). The van der Waals surface area contributed by atoms with Crippen LogP contribution >= 0.6 is 22.9 Å². The van der Waals surface area contributed by atoms with Crippen molar-refractivity contribution in [2.45, 2.75) is 58.2 Å². The number of carboxylic acids is 1. The molecule has 0 saturated heterocycles. The Morgan fingerprint density at radius 2 is 1.97 bits per heavy atom. The number of carbonyl (C=O) groups is 2. The topological polar surface area (TPSA) is 85.3 Å². The fraction of sp³-hybridized carbons (Fsp3) is 0.478. The lowest BCUT2D eigenvalue weighted by Gasteiger charge is -2.36. The van der Waals surface area contributed by atoms with Crippen LogP contribution in [0.25, 0.3) is 0 Å². The molecule has 1 aliphatic carbocycles. The third kappa shape index (κ3) is 5.13. The Morgan fingerprint density at radius 1 is 1.25 bits per heavy atom. The highest BCUT2D eigenvalue weighted by molar-refractivity contribution is 7.14. The third-order valence-corrected chi connectivity index (χ3v) is 6.97. The molecule has 0 saturated carbocycles. The second-order valence-electron chi connectivity index (χ2n) is 8.58. The number of thiophene rings is 1. The number of fused-ring (bicyclic) bond motifs is 1. The lowest BCUT2D eigenvalue weighted by atomic mass is 9.92. The average Bonchev–Trinajstić information content (AvgIpc) is 3.08. The molecule has 1 heterocycles. The van der Waals surface area contributed by atoms with E-state index in [0.29, 0.717) is 23.5 Å². The van der Waals surface area contributed by atoms with Gasteiger partial charge in [0.15, 0.2) is 0 Å². The standard InChI is InChI=1S/C23H28ClNO6S/c1-23(2,3)31-22(28)25(12-13-9-10-14(29-4)11-16(13)30-5)15-7-6-8-17-18(15)19(24)20(32-17)21(26)27/h9-11,15H,6-8,12H2,1-5H3,(H,26,27). The van der Waals surface area contributed by atoms with Gasteiger partial charge in [-0.2, -0.15) is 0 Å². The maximum absolute atomic E-state index is 13.3. The van der Waals surface area contributed by atoms with Crippen molar-refractivity contribution in [1.29, 1.82) is 0 Å². The molecular weight excluding hydrogens is 454 g/mol. The molecule has 1 aromatic heterocycles. The first-order valence-electron chi connectivity index (χ1n) is 10.3. The summed E-state index contributed by atoms with van der Waals surface area (Å²) in [6.07, 6.45) is 1.71. The van der Waals surface area contributed by atoms with Crippen molar-refractivity contribution in [2.75, 3.05) is 14.2 Å². The molecule has 7 nitrogen and oxygen atoms in total. The van der Waals surface area contributed by atoms with Crippen molar-refractivity contribution < 1.29 is 28.9 Å². The largest absolute Gasteiger partial charge is 0.497 e. The van der Waals surface area contributed by atoms with Gasteiger partial charge >= 0.3 is 12.1 Å². The van der Waals surface area contributed by atoms with Crippen molar-refractivity contribution in [3.63, 3.8) is 0 Å². The summed E-state index contributed by atoms with van der Waals surface area (Å²) in [5, 5.41) is 9.75. The second-order valence-corrected chi connectivity index (χ2v) is 10.1. The highest BCUT2D eigenvalue weighted by Gasteiger charge is 2.37. The van der Waals surface area contributed by atoms with Crippen LogP contribution in [0.4, 0.5) is 4.79 Å². The molecule has 1 atom stereocenters. The number of halogens is 1. The van der Waals surface area contributed by atoms with E-state index in [9.17, 15) is 14.7 Å². The number of aromatic carboxylic acids is 1. The Morgan fingerprint density at radius 3 is 2.56 bits per heavy atom. The van der Waals surface area contributed by atoms with Crippen LogP contribution in [0.2, 0.25) is 5.02 Å². The van der Waals surface area contributed by atoms with Crippen LogP contribution in [0.1, 0.15) is 65.3 Å². The number of carboxylic acid groups (broad SMARTS) is 1. The zero-order valence-corrected chi connectivity index (χ0v) is 20.4. The zero-order valence-electron chi connectivity index (χ0n) is 18.9. The fourth-order valence-corrected chi connectivity index (χ4v) is 5.44. The van der Waals surface area contributed by atoms with Gasteiger partial charge in [-0.05, 0) is 52.2 Å². The van der Waals surface area contributed by atoms with Gasteiger partial charge in [-0.15, -0.1) is 11.3 Å². The van der Waals surface area contributed by atoms with E-state index in [1.807, 2.05) is 26.8 Å². The van der Waals surface area contributed by atoms with Gasteiger partial charge in [0.05, 0.1) is 31.8 Å². The van der Waals surface area contributed by atoms with Crippen molar-refractivity contribution in [3.8, 4) is 11.5 Å². The number of aryl methyl sites for hydroxylation is 1. The van der Waals surface area contributed by atoms with Gasteiger partial charge in [0, 0.05) is 22.1 Å². The van der Waals surface area contributed by atoms with Gasteiger partial charge < -0.3 is 19.3 Å². The fourth-order valence-electron chi connectivity index (χ4n) is 3.82. The Hall–Kier alpha value is -2.45. The van der Waals surface area contributed by atoms with Crippen molar-refractivity contribution in [1.82, 2.24) is 4.90 Å². The highest BCUT2D eigenvalue weighted by atomic mass is 35.5. The highest BCUT2D eigenvalue weighted by Crippen LogP contribution is 2.46. The van der Waals surface area contributed by atoms with E-state index in [1.165, 1.54) is 11.3 Å². The van der Waals surface area contributed by atoms with Gasteiger partial charge in [0.2, 0.25) is 0 Å². The molecule has 1 unspecified atom stereocenters. The average molecular weight is 482 g/mol. The lowest BCUT2D eigenvalue weighted by molar-refractivity contribution is 0.0117. The SMILES string of the molecule is COc1ccc(CN(C(=O)OC(C)(C)C)C2CCCc3sc(C(=O)O)c(Cl)c32)c(OC)c1. The molecule has 32 heavy (non-hydrogen) atoms. The summed E-state index contributed by atoms with van der Waals surface area (Å²) in [7, 11) is 3.13. The van der Waals surface area contributed by atoms with Crippen LogP contribution in [0, 0.1) is 0 Å². The second kappa shape index (κ2) is 9.58. The number of ether oxygens (including phenoxy) is 3. The number of hydrogen-bond acceptors (Lipinski definition) is 6. The minimum atomic E-state index is -1.06. The van der Waals surface area contributed by atoms with E-state index in [1.54, 1.807) is 31.3 Å². The molecule has 1 aliphatic rings. The minimum Gasteiger partial charge on any atom is -0.497 e. The zero-order chi connectivity index (χ0) is 23.6. The monoisotopic (exact) mass is 481 g/mol. The molecule has 1 N–H and O–H groups in total. The van der Waals surface area contributed by atoms with Gasteiger partial charge in [-0.1, -0.05) is 11.6 Å². The molecule has 1 aromatic carbocycles. The molecule has 0 fully saturated rings. The summed E-state index contributed by atoms with van der Waals surface area (Å²) in [6.45, 7) is 5.64. The van der Waals surface area contributed by atoms with Crippen LogP contribution in [0.5, 0.6) is 11.5 Å². The van der Waals surface area contributed by atoms with E-state index in [4.69, 9.17) is 25.8 Å². The molecule has 0 aliphatic heterocycles. The maximum Gasteiger partial charge on any atom is 0.411 e. The van der Waals surface area contributed by atoms with Crippen molar-refractivity contribution >= 4 is 35.0 Å². The molecule has 1 amide bonds. The van der Waals surface area contributed by atoms with Gasteiger partial charge in [0.25, 0.3) is 0 Å². The van der Waals surface area contributed by atoms with E-state index in [2.05, 4.69) is 0 Å². The van der Waals surface area contributed by atoms with E-state index < -0.39 is 23.7 Å². The minimum absolute atomic E-state index is 0.106. The number of rotatable bonds is 6. The van der Waals surface area contributed by atoms with E-state index in [0.717, 1.165) is 23.3 Å². The van der Waals surface area contributed by atoms with E-state index >= 15 is 0 Å². The number of methoxy groups -OCH3 is 2. The summed E-state index contributed by atoms with van der Waals surface area (Å²) in [5.74, 6) is 0.159. The molecule has 0 radical (unpaired) electrons. The van der Waals surface area contributed by atoms with E-state index in [-0.39, 0.29) is 16.4 Å². The van der Waals surface area contributed by atoms with Gasteiger partial charge in [0.1, 0.15) is 22.0 Å². The van der Waals surface area contributed by atoms with Crippen LogP contribution in [0.15, 0.2) is 18.2 Å². The molecular formula is C23H28ClNO6S. The summed E-state index contributed by atoms with van der Waals surface area (Å²) < 4.78 is 16.5. The smallest absolute Gasteiger partial charge is 0.411 e. The van der Waals surface area contributed by atoms with Gasteiger partial charge in [-0.3, -0.25) is 4.90 Å².